The van der Waals surface area contributed by atoms with Crippen LogP contribution in [0.3, 0.4) is 0 Å². The van der Waals surface area contributed by atoms with E-state index in [2.05, 4.69) is 6.07 Å². The smallest absolute Gasteiger partial charge is 0.175 e. The van der Waals surface area contributed by atoms with Crippen LogP contribution in [0, 0.1) is 11.3 Å². The number of nitriles is 1. The van der Waals surface area contributed by atoms with E-state index in [9.17, 15) is 5.26 Å². The summed E-state index contributed by atoms with van der Waals surface area (Å²) in [4.78, 5) is 0. The summed E-state index contributed by atoms with van der Waals surface area (Å²) in [7, 11) is 1.63. The summed E-state index contributed by atoms with van der Waals surface area (Å²) in [5.41, 5.74) is 1.51. The number of hydrogen-bond donors (Lipinski definition) is 0. The van der Waals surface area contributed by atoms with Crippen molar-refractivity contribution in [1.29, 1.82) is 5.26 Å². The molecule has 0 bridgehead atoms. The van der Waals surface area contributed by atoms with Crippen LogP contribution in [0.15, 0.2) is 28.9 Å². The molecular weight excluding hydrogens is 214 g/mol. The third-order valence-electron chi connectivity index (χ3n) is 3.74. The van der Waals surface area contributed by atoms with Crippen molar-refractivity contribution in [3.05, 3.63) is 30.0 Å². The fraction of sp³-hybridized carbons (Fsp3) is 0.357. The molecule has 1 heterocycles. The largest absolute Gasteiger partial charge is 0.493 e. The van der Waals surface area contributed by atoms with Gasteiger partial charge in [0.25, 0.3) is 0 Å². The number of ether oxygens (including phenoxy) is 1. The van der Waals surface area contributed by atoms with Crippen LogP contribution < -0.4 is 4.74 Å². The van der Waals surface area contributed by atoms with Gasteiger partial charge in [-0.1, -0.05) is 6.07 Å². The highest BCUT2D eigenvalue weighted by molar-refractivity contribution is 5.88. The number of furan rings is 1. The standard InChI is InChI=1S/C14H13NO2/c1-16-12-4-3-11(10-5-8-17-13(10)12)14(9-15)6-2-7-14/h3-5,8H,2,6-7H2,1H3. The lowest BCUT2D eigenvalue weighted by molar-refractivity contribution is 0.326. The Hall–Kier alpha value is -1.95. The lowest BCUT2D eigenvalue weighted by Gasteiger charge is -2.36. The van der Waals surface area contributed by atoms with E-state index in [0.29, 0.717) is 0 Å². The topological polar surface area (TPSA) is 46.2 Å². The molecule has 0 spiro atoms. The van der Waals surface area contributed by atoms with E-state index in [4.69, 9.17) is 9.15 Å². The van der Waals surface area contributed by atoms with Gasteiger partial charge in [-0.05, 0) is 37.0 Å². The van der Waals surface area contributed by atoms with Gasteiger partial charge in [0.2, 0.25) is 0 Å². The molecule has 3 heteroatoms. The van der Waals surface area contributed by atoms with Crippen molar-refractivity contribution < 1.29 is 9.15 Å². The Bertz CT molecular complexity index is 602. The first kappa shape index (κ1) is 10.2. The number of methoxy groups -OCH3 is 1. The zero-order valence-corrected chi connectivity index (χ0v) is 9.69. The van der Waals surface area contributed by atoms with Gasteiger partial charge in [0, 0.05) is 5.39 Å². The van der Waals surface area contributed by atoms with Crippen LogP contribution >= 0.6 is 0 Å². The molecule has 1 saturated carbocycles. The molecule has 0 aliphatic heterocycles. The van der Waals surface area contributed by atoms with Crippen LogP contribution in [0.4, 0.5) is 0 Å². The molecule has 0 saturated heterocycles. The van der Waals surface area contributed by atoms with E-state index in [-0.39, 0.29) is 5.41 Å². The third kappa shape index (κ3) is 1.27. The van der Waals surface area contributed by atoms with Crippen LogP contribution in [-0.4, -0.2) is 7.11 Å². The molecule has 0 unspecified atom stereocenters. The molecule has 1 aliphatic carbocycles. The van der Waals surface area contributed by atoms with Crippen LogP contribution in [-0.2, 0) is 5.41 Å². The first-order valence-electron chi connectivity index (χ1n) is 5.77. The van der Waals surface area contributed by atoms with Crippen molar-refractivity contribution in [2.75, 3.05) is 7.11 Å². The number of nitrogens with zero attached hydrogens (tertiary/aromatic N) is 1. The maximum Gasteiger partial charge on any atom is 0.175 e. The van der Waals surface area contributed by atoms with Crippen molar-refractivity contribution in [1.82, 2.24) is 0 Å². The van der Waals surface area contributed by atoms with Gasteiger partial charge in [-0.3, -0.25) is 0 Å². The van der Waals surface area contributed by atoms with Gasteiger partial charge < -0.3 is 9.15 Å². The molecule has 1 fully saturated rings. The van der Waals surface area contributed by atoms with Crippen molar-refractivity contribution >= 4 is 11.0 Å². The average Bonchev–Trinajstić information content (AvgIpc) is 2.77. The van der Waals surface area contributed by atoms with Crippen LogP contribution in [0.2, 0.25) is 0 Å². The Morgan fingerprint density at radius 3 is 2.76 bits per heavy atom. The minimum Gasteiger partial charge on any atom is -0.493 e. The summed E-state index contributed by atoms with van der Waals surface area (Å²) in [6, 6.07) is 8.28. The summed E-state index contributed by atoms with van der Waals surface area (Å²) in [6.07, 6.45) is 4.66. The second kappa shape index (κ2) is 3.53. The summed E-state index contributed by atoms with van der Waals surface area (Å²) >= 11 is 0. The van der Waals surface area contributed by atoms with E-state index in [1.54, 1.807) is 13.4 Å². The molecule has 1 aromatic carbocycles. The first-order chi connectivity index (χ1) is 8.30. The SMILES string of the molecule is COc1ccc(C2(C#N)CCC2)c2ccoc12. The van der Waals surface area contributed by atoms with E-state index < -0.39 is 0 Å². The van der Waals surface area contributed by atoms with Crippen molar-refractivity contribution in [2.45, 2.75) is 24.7 Å². The van der Waals surface area contributed by atoms with Gasteiger partial charge >= 0.3 is 0 Å². The number of benzene rings is 1. The minimum atomic E-state index is -0.311. The zero-order valence-electron chi connectivity index (χ0n) is 9.69. The highest BCUT2D eigenvalue weighted by atomic mass is 16.5. The lowest BCUT2D eigenvalue weighted by Crippen LogP contribution is -2.32. The van der Waals surface area contributed by atoms with Crippen LogP contribution in [0.1, 0.15) is 24.8 Å². The first-order valence-corrected chi connectivity index (χ1v) is 5.77. The van der Waals surface area contributed by atoms with Crippen molar-refractivity contribution in [3.8, 4) is 11.8 Å². The highest BCUT2D eigenvalue weighted by Gasteiger charge is 2.40. The Kier molecular flexibility index (Phi) is 2.12. The van der Waals surface area contributed by atoms with Gasteiger partial charge in [0.05, 0.1) is 24.9 Å². The van der Waals surface area contributed by atoms with Crippen LogP contribution in [0.25, 0.3) is 11.0 Å². The molecule has 0 amide bonds. The van der Waals surface area contributed by atoms with E-state index in [0.717, 1.165) is 41.5 Å². The summed E-state index contributed by atoms with van der Waals surface area (Å²) in [6.45, 7) is 0. The maximum absolute atomic E-state index is 9.40. The normalized spacial score (nSPS) is 17.4. The lowest BCUT2D eigenvalue weighted by atomic mass is 9.65. The monoisotopic (exact) mass is 227 g/mol. The molecule has 17 heavy (non-hydrogen) atoms. The summed E-state index contributed by atoms with van der Waals surface area (Å²) < 4.78 is 10.7. The summed E-state index contributed by atoms with van der Waals surface area (Å²) in [5, 5.41) is 10.4. The minimum absolute atomic E-state index is 0.311. The molecular formula is C14H13NO2. The maximum atomic E-state index is 9.40. The van der Waals surface area contributed by atoms with E-state index >= 15 is 0 Å². The zero-order chi connectivity index (χ0) is 11.9. The third-order valence-corrected chi connectivity index (χ3v) is 3.74. The van der Waals surface area contributed by atoms with Gasteiger partial charge in [-0.15, -0.1) is 0 Å². The fourth-order valence-electron chi connectivity index (χ4n) is 2.59. The average molecular weight is 227 g/mol. The van der Waals surface area contributed by atoms with Gasteiger partial charge in [0.15, 0.2) is 11.3 Å². The number of rotatable bonds is 2. The molecule has 1 aliphatic rings. The Morgan fingerprint density at radius 2 is 2.18 bits per heavy atom. The van der Waals surface area contributed by atoms with Crippen molar-refractivity contribution in [3.63, 3.8) is 0 Å². The fourth-order valence-corrected chi connectivity index (χ4v) is 2.59. The number of fused-ring (bicyclic) bond motifs is 1. The molecule has 0 radical (unpaired) electrons. The Morgan fingerprint density at radius 1 is 1.35 bits per heavy atom. The number of hydrogen-bond acceptors (Lipinski definition) is 3. The summed E-state index contributed by atoms with van der Waals surface area (Å²) in [5.74, 6) is 0.723. The molecule has 0 N–H and O–H groups in total. The molecule has 3 nitrogen and oxygen atoms in total. The highest BCUT2D eigenvalue weighted by Crippen LogP contribution is 2.47. The molecule has 0 atom stereocenters. The molecule has 2 aromatic rings. The quantitative estimate of drug-likeness (QED) is 0.790. The predicted octanol–water partition coefficient (Wildman–Crippen LogP) is 3.39. The van der Waals surface area contributed by atoms with Gasteiger partial charge in [0.1, 0.15) is 0 Å². The van der Waals surface area contributed by atoms with E-state index in [1.807, 2.05) is 18.2 Å². The second-order valence-corrected chi connectivity index (χ2v) is 4.53. The Labute approximate surface area is 99.6 Å². The predicted molar refractivity (Wildman–Crippen MR) is 63.9 cm³/mol. The molecule has 3 rings (SSSR count). The van der Waals surface area contributed by atoms with Crippen LogP contribution in [0.5, 0.6) is 5.75 Å². The van der Waals surface area contributed by atoms with Gasteiger partial charge in [-0.2, -0.15) is 5.26 Å². The van der Waals surface area contributed by atoms with Crippen molar-refractivity contribution in [2.24, 2.45) is 0 Å². The molecule has 86 valence electrons. The van der Waals surface area contributed by atoms with E-state index in [1.165, 1.54) is 0 Å². The molecule has 1 aromatic heterocycles. The van der Waals surface area contributed by atoms with Gasteiger partial charge in [-0.25, -0.2) is 0 Å². The Balaban J connectivity index is 2.25. The second-order valence-electron chi connectivity index (χ2n) is 4.53.